The lowest BCUT2D eigenvalue weighted by Gasteiger charge is -2.26. The number of carbonyl (C=O) groups excluding carboxylic acids is 2. The van der Waals surface area contributed by atoms with Crippen LogP contribution in [0.25, 0.3) is 0 Å². The van der Waals surface area contributed by atoms with E-state index >= 15 is 0 Å². The summed E-state index contributed by atoms with van der Waals surface area (Å²) in [4.78, 5) is 26.5. The van der Waals surface area contributed by atoms with Crippen LogP contribution in [0, 0.1) is 0 Å². The first kappa shape index (κ1) is 24.5. The van der Waals surface area contributed by atoms with Crippen LogP contribution in [0.3, 0.4) is 0 Å². The first-order valence-electron chi connectivity index (χ1n) is 10.3. The zero-order valence-electron chi connectivity index (χ0n) is 18.3. The van der Waals surface area contributed by atoms with Crippen molar-refractivity contribution in [2.24, 2.45) is 0 Å². The van der Waals surface area contributed by atoms with Crippen LogP contribution >= 0.6 is 0 Å². The lowest BCUT2D eigenvalue weighted by Crippen LogP contribution is -2.44. The molecular weight excluding hydrogens is 460 g/mol. The molecule has 0 spiro atoms. The molecule has 0 bridgehead atoms. The van der Waals surface area contributed by atoms with Crippen molar-refractivity contribution >= 4 is 31.7 Å². The highest BCUT2D eigenvalue weighted by atomic mass is 32.2. The van der Waals surface area contributed by atoms with E-state index in [0.29, 0.717) is 19.5 Å². The van der Waals surface area contributed by atoms with Gasteiger partial charge in [-0.05, 0) is 44.4 Å². The van der Waals surface area contributed by atoms with Gasteiger partial charge >= 0.3 is 5.97 Å². The Morgan fingerprint density at radius 3 is 2.44 bits per heavy atom. The Balaban J connectivity index is 1.75. The van der Waals surface area contributed by atoms with Gasteiger partial charge in [-0.1, -0.05) is 0 Å². The third-order valence-electron chi connectivity index (χ3n) is 5.82. The van der Waals surface area contributed by atoms with Crippen molar-refractivity contribution in [1.82, 2.24) is 9.21 Å². The number of rotatable bonds is 7. The number of sulfone groups is 1. The normalized spacial score (nSPS) is 21.8. The van der Waals surface area contributed by atoms with Crippen LogP contribution in [0.5, 0.6) is 5.75 Å². The molecule has 0 radical (unpaired) electrons. The van der Waals surface area contributed by atoms with E-state index in [2.05, 4.69) is 0 Å². The van der Waals surface area contributed by atoms with Crippen LogP contribution in [0.2, 0.25) is 0 Å². The molecule has 1 aromatic rings. The summed E-state index contributed by atoms with van der Waals surface area (Å²) < 4.78 is 61.1. The minimum Gasteiger partial charge on any atom is -0.495 e. The number of benzene rings is 1. The highest BCUT2D eigenvalue weighted by Crippen LogP contribution is 2.30. The van der Waals surface area contributed by atoms with E-state index in [9.17, 15) is 26.4 Å². The molecule has 178 valence electrons. The lowest BCUT2D eigenvalue weighted by atomic mass is 10.2. The van der Waals surface area contributed by atoms with Gasteiger partial charge in [0.1, 0.15) is 10.6 Å². The molecule has 2 aliphatic rings. The van der Waals surface area contributed by atoms with E-state index in [-0.39, 0.29) is 27.7 Å². The number of sulfonamides is 1. The maximum atomic E-state index is 13.0. The molecule has 2 fully saturated rings. The third-order valence-corrected chi connectivity index (χ3v) is 9.49. The molecule has 2 aliphatic heterocycles. The minimum atomic E-state index is -3.85. The van der Waals surface area contributed by atoms with Crippen molar-refractivity contribution in [3.05, 3.63) is 23.8 Å². The van der Waals surface area contributed by atoms with Crippen molar-refractivity contribution in [2.45, 2.75) is 43.2 Å². The standard InChI is InChI=1S/C20H28N2O8S2/c1-14(19(23)21(2)16-8-11-31(25,26)13-16)30-20(24)15-6-7-17(29-3)18(12-15)32(27,28)22-9-4-5-10-22/h6-7,12,14,16H,4-5,8-11,13H2,1-3H3/t14-,16-/m1/s1. The van der Waals surface area contributed by atoms with Gasteiger partial charge in [-0.15, -0.1) is 0 Å². The molecule has 0 saturated carbocycles. The molecule has 2 atom stereocenters. The summed E-state index contributed by atoms with van der Waals surface area (Å²) in [7, 11) is -4.20. The minimum absolute atomic E-state index is 0.0174. The second kappa shape index (κ2) is 9.36. The maximum absolute atomic E-state index is 13.0. The van der Waals surface area contributed by atoms with Gasteiger partial charge in [-0.25, -0.2) is 21.6 Å². The molecule has 0 N–H and O–H groups in total. The van der Waals surface area contributed by atoms with Crippen molar-refractivity contribution in [2.75, 3.05) is 38.8 Å². The number of nitrogens with zero attached hydrogens (tertiary/aromatic N) is 2. The highest BCUT2D eigenvalue weighted by Gasteiger charge is 2.35. The Labute approximate surface area is 188 Å². The summed E-state index contributed by atoms with van der Waals surface area (Å²) in [6, 6.07) is 3.47. The summed E-state index contributed by atoms with van der Waals surface area (Å²) >= 11 is 0. The van der Waals surface area contributed by atoms with E-state index in [1.807, 2.05) is 0 Å². The first-order chi connectivity index (χ1) is 15.0. The summed E-state index contributed by atoms with van der Waals surface area (Å²) in [6.45, 7) is 2.19. The van der Waals surface area contributed by atoms with Gasteiger partial charge in [0.25, 0.3) is 5.91 Å². The van der Waals surface area contributed by atoms with Gasteiger partial charge in [0, 0.05) is 26.2 Å². The van der Waals surface area contributed by atoms with Gasteiger partial charge in [0.2, 0.25) is 10.0 Å². The molecule has 0 aliphatic carbocycles. The molecule has 12 heteroatoms. The number of esters is 1. The van der Waals surface area contributed by atoms with Crippen molar-refractivity contribution in [3.63, 3.8) is 0 Å². The number of ether oxygens (including phenoxy) is 2. The van der Waals surface area contributed by atoms with Gasteiger partial charge < -0.3 is 14.4 Å². The van der Waals surface area contributed by atoms with E-state index in [1.54, 1.807) is 0 Å². The fourth-order valence-electron chi connectivity index (χ4n) is 3.90. The number of likely N-dealkylation sites (N-methyl/N-ethyl adjacent to an activating group) is 1. The summed E-state index contributed by atoms with van der Waals surface area (Å²) in [5, 5.41) is 0. The molecule has 3 rings (SSSR count). The molecule has 32 heavy (non-hydrogen) atoms. The molecule has 1 aromatic carbocycles. The summed E-state index contributed by atoms with van der Waals surface area (Å²) in [5.41, 5.74) is -0.0330. The third kappa shape index (κ3) is 5.07. The van der Waals surface area contributed by atoms with Crippen LogP contribution in [0.15, 0.2) is 23.1 Å². The van der Waals surface area contributed by atoms with Crippen molar-refractivity contribution in [1.29, 1.82) is 0 Å². The number of methoxy groups -OCH3 is 1. The van der Waals surface area contributed by atoms with E-state index < -0.39 is 43.9 Å². The zero-order valence-corrected chi connectivity index (χ0v) is 19.9. The first-order valence-corrected chi connectivity index (χ1v) is 13.6. The highest BCUT2D eigenvalue weighted by molar-refractivity contribution is 7.91. The predicted octanol–water partition coefficient (Wildman–Crippen LogP) is 0.671. The predicted molar refractivity (Wildman–Crippen MR) is 116 cm³/mol. The van der Waals surface area contributed by atoms with Crippen LogP contribution in [-0.2, 0) is 29.4 Å². The van der Waals surface area contributed by atoms with E-state index in [4.69, 9.17) is 9.47 Å². The number of hydrogen-bond acceptors (Lipinski definition) is 8. The molecule has 0 unspecified atom stereocenters. The van der Waals surface area contributed by atoms with Gasteiger partial charge in [-0.3, -0.25) is 4.79 Å². The molecule has 0 aromatic heterocycles. The largest absolute Gasteiger partial charge is 0.495 e. The lowest BCUT2D eigenvalue weighted by molar-refractivity contribution is -0.140. The van der Waals surface area contributed by atoms with E-state index in [0.717, 1.165) is 12.8 Å². The monoisotopic (exact) mass is 488 g/mol. The Bertz CT molecular complexity index is 1090. The van der Waals surface area contributed by atoms with Crippen molar-refractivity contribution < 1.29 is 35.9 Å². The average Bonchev–Trinajstić information content (AvgIpc) is 3.42. The van der Waals surface area contributed by atoms with Gasteiger partial charge in [-0.2, -0.15) is 4.31 Å². The fraction of sp³-hybridized carbons (Fsp3) is 0.600. The number of hydrogen-bond donors (Lipinski definition) is 0. The Kier molecular flexibility index (Phi) is 7.15. The average molecular weight is 489 g/mol. The molecular formula is C20H28N2O8S2. The van der Waals surface area contributed by atoms with Crippen molar-refractivity contribution in [3.8, 4) is 5.75 Å². The number of carbonyl (C=O) groups is 2. The van der Waals surface area contributed by atoms with Crippen LogP contribution in [0.4, 0.5) is 0 Å². The van der Waals surface area contributed by atoms with Crippen LogP contribution < -0.4 is 4.74 Å². The smallest absolute Gasteiger partial charge is 0.338 e. The second-order valence-electron chi connectivity index (χ2n) is 8.03. The fourth-order valence-corrected chi connectivity index (χ4v) is 7.37. The summed E-state index contributed by atoms with van der Waals surface area (Å²) in [6.07, 6.45) is 0.690. The summed E-state index contributed by atoms with van der Waals surface area (Å²) in [5.74, 6) is -1.38. The molecule has 2 saturated heterocycles. The SMILES string of the molecule is COc1ccc(C(=O)O[C@H](C)C(=O)N(C)[C@@H]2CCS(=O)(=O)C2)cc1S(=O)(=O)N1CCCC1. The van der Waals surface area contributed by atoms with Gasteiger partial charge in [0.05, 0.1) is 24.2 Å². The van der Waals surface area contributed by atoms with Gasteiger partial charge in [0.15, 0.2) is 15.9 Å². The Morgan fingerprint density at radius 1 is 1.22 bits per heavy atom. The van der Waals surface area contributed by atoms with Crippen LogP contribution in [-0.4, -0.2) is 88.8 Å². The zero-order chi connectivity index (χ0) is 23.7. The molecule has 1 amide bonds. The Hall–Kier alpha value is -2.18. The quantitative estimate of drug-likeness (QED) is 0.513. The second-order valence-corrected chi connectivity index (χ2v) is 12.2. The number of amides is 1. The van der Waals surface area contributed by atoms with Crippen LogP contribution in [0.1, 0.15) is 36.5 Å². The molecule has 2 heterocycles. The Morgan fingerprint density at radius 2 is 1.88 bits per heavy atom. The molecule has 10 nitrogen and oxygen atoms in total. The topological polar surface area (TPSA) is 127 Å². The van der Waals surface area contributed by atoms with E-state index in [1.165, 1.54) is 48.5 Å². The maximum Gasteiger partial charge on any atom is 0.338 e.